The summed E-state index contributed by atoms with van der Waals surface area (Å²) in [6.07, 6.45) is 0.135. The van der Waals surface area contributed by atoms with Gasteiger partial charge in [-0.25, -0.2) is 0 Å². The summed E-state index contributed by atoms with van der Waals surface area (Å²) < 4.78 is 24.6. The zero-order valence-electron chi connectivity index (χ0n) is 23.8. The number of Topliss-reactive ketones (excluding diaryl/α,β-unsaturated/α-hetero) is 1. The number of methoxy groups -OCH3 is 2. The molecule has 43 heavy (non-hydrogen) atoms. The van der Waals surface area contributed by atoms with Gasteiger partial charge in [0.15, 0.2) is 28.8 Å². The molecule has 0 atom stereocenters. The van der Waals surface area contributed by atoms with Crippen molar-refractivity contribution in [2.24, 2.45) is 0 Å². The molecule has 2 N–H and O–H groups in total. The lowest BCUT2D eigenvalue weighted by atomic mass is 10.1. The fourth-order valence-corrected chi connectivity index (χ4v) is 6.31. The number of aliphatic carboxylic acids is 2. The summed E-state index contributed by atoms with van der Waals surface area (Å²) in [5.41, 5.74) is 0. The van der Waals surface area contributed by atoms with Gasteiger partial charge in [0.25, 0.3) is 5.91 Å². The number of nitrogens with zero attached hydrogens (tertiary/aromatic N) is 1. The van der Waals surface area contributed by atoms with Gasteiger partial charge in [0, 0.05) is 48.0 Å². The van der Waals surface area contributed by atoms with E-state index >= 15 is 0 Å². The molecule has 0 fully saturated rings. The molecular formula is C30H31NO10S2. The molecule has 0 saturated carbocycles. The molecule has 0 saturated heterocycles. The van der Waals surface area contributed by atoms with Crippen LogP contribution in [0.25, 0.3) is 20.2 Å². The van der Waals surface area contributed by atoms with Crippen molar-refractivity contribution in [2.75, 3.05) is 41.0 Å². The van der Waals surface area contributed by atoms with E-state index in [0.29, 0.717) is 52.4 Å². The summed E-state index contributed by atoms with van der Waals surface area (Å²) in [5, 5.41) is 19.4. The molecule has 4 rings (SSSR count). The normalized spacial score (nSPS) is 11.0. The molecule has 0 unspecified atom stereocenters. The lowest BCUT2D eigenvalue weighted by molar-refractivity contribution is -0.138. The van der Waals surface area contributed by atoms with Gasteiger partial charge in [0.05, 0.1) is 50.0 Å². The quantitative estimate of drug-likeness (QED) is 0.119. The Morgan fingerprint density at radius 2 is 1.21 bits per heavy atom. The third-order valence-corrected chi connectivity index (χ3v) is 8.69. The molecule has 13 heteroatoms. The highest BCUT2D eigenvalue weighted by Gasteiger charge is 2.18. The highest BCUT2D eigenvalue weighted by Crippen LogP contribution is 2.38. The summed E-state index contributed by atoms with van der Waals surface area (Å²) in [6, 6.07) is 10.7. The monoisotopic (exact) mass is 629 g/mol. The third-order valence-electron chi connectivity index (χ3n) is 6.47. The van der Waals surface area contributed by atoms with Crippen molar-refractivity contribution < 1.29 is 48.3 Å². The van der Waals surface area contributed by atoms with Gasteiger partial charge in [-0.15, -0.1) is 22.7 Å². The first-order valence-corrected chi connectivity index (χ1v) is 14.9. The minimum atomic E-state index is -1.01. The Labute approximate surface area is 255 Å². The minimum Gasteiger partial charge on any atom is -0.493 e. The molecule has 0 aliphatic carbocycles. The number of ketones is 1. The summed E-state index contributed by atoms with van der Waals surface area (Å²) in [6.45, 7) is 0.758. The predicted octanol–water partition coefficient (Wildman–Crippen LogP) is 5.58. The van der Waals surface area contributed by atoms with Crippen LogP contribution in [0, 0.1) is 0 Å². The Morgan fingerprint density at radius 3 is 1.81 bits per heavy atom. The molecular weight excluding hydrogens is 598 g/mol. The maximum atomic E-state index is 12.7. The topological polar surface area (TPSA) is 149 Å². The van der Waals surface area contributed by atoms with Crippen LogP contribution in [0.4, 0.5) is 0 Å². The number of amides is 1. The van der Waals surface area contributed by atoms with Crippen LogP contribution >= 0.6 is 22.7 Å². The zero-order valence-corrected chi connectivity index (χ0v) is 25.5. The van der Waals surface area contributed by atoms with Crippen molar-refractivity contribution in [1.82, 2.24) is 4.90 Å². The number of hydrogen-bond donors (Lipinski definition) is 2. The number of thiophene rings is 2. The largest absolute Gasteiger partial charge is 0.493 e. The highest BCUT2D eigenvalue weighted by atomic mass is 32.1. The van der Waals surface area contributed by atoms with E-state index in [2.05, 4.69) is 0 Å². The molecule has 0 spiro atoms. The van der Waals surface area contributed by atoms with Crippen molar-refractivity contribution >= 4 is 66.5 Å². The Bertz CT molecular complexity index is 1660. The SMILES string of the molecule is COc1cc2sc(C(=O)CCC(=O)O)cc2cc1OCCCOc1cc2sc(C(=O)N(C)CCC(=O)O)cc2cc1OC. The molecule has 11 nitrogen and oxygen atoms in total. The molecule has 2 aromatic heterocycles. The average molecular weight is 630 g/mol. The first-order chi connectivity index (χ1) is 20.6. The van der Waals surface area contributed by atoms with Gasteiger partial charge in [0.1, 0.15) is 0 Å². The lowest BCUT2D eigenvalue weighted by Crippen LogP contribution is -2.28. The number of carboxylic acids is 2. The van der Waals surface area contributed by atoms with Gasteiger partial charge < -0.3 is 34.1 Å². The number of ether oxygens (including phenoxy) is 4. The predicted molar refractivity (Wildman–Crippen MR) is 163 cm³/mol. The maximum Gasteiger partial charge on any atom is 0.305 e. The van der Waals surface area contributed by atoms with E-state index in [1.807, 2.05) is 6.07 Å². The van der Waals surface area contributed by atoms with E-state index in [0.717, 1.165) is 20.2 Å². The molecule has 0 radical (unpaired) electrons. The highest BCUT2D eigenvalue weighted by molar-refractivity contribution is 7.21. The lowest BCUT2D eigenvalue weighted by Gasteiger charge is -2.14. The molecule has 0 bridgehead atoms. The van der Waals surface area contributed by atoms with Gasteiger partial charge >= 0.3 is 11.9 Å². The second kappa shape index (κ2) is 14.2. The summed E-state index contributed by atoms with van der Waals surface area (Å²) >= 11 is 2.58. The smallest absolute Gasteiger partial charge is 0.305 e. The third kappa shape index (κ3) is 7.93. The van der Waals surface area contributed by atoms with Crippen molar-refractivity contribution in [3.63, 3.8) is 0 Å². The van der Waals surface area contributed by atoms with Crippen LogP contribution in [0.3, 0.4) is 0 Å². The van der Waals surface area contributed by atoms with Gasteiger partial charge in [-0.05, 0) is 35.0 Å². The van der Waals surface area contributed by atoms with Crippen LogP contribution in [0.2, 0.25) is 0 Å². The Hall–Kier alpha value is -4.36. The second-order valence-corrected chi connectivity index (χ2v) is 11.7. The van der Waals surface area contributed by atoms with Gasteiger partial charge in [-0.3, -0.25) is 19.2 Å². The van der Waals surface area contributed by atoms with Gasteiger partial charge in [-0.2, -0.15) is 0 Å². The van der Waals surface area contributed by atoms with Crippen LogP contribution in [0.15, 0.2) is 36.4 Å². The van der Waals surface area contributed by atoms with Gasteiger partial charge in [0.2, 0.25) is 0 Å². The average Bonchev–Trinajstić information content (AvgIpc) is 3.60. The number of benzene rings is 2. The fourth-order valence-electron chi connectivity index (χ4n) is 4.20. The van der Waals surface area contributed by atoms with Crippen LogP contribution in [0.1, 0.15) is 45.0 Å². The van der Waals surface area contributed by atoms with Crippen LogP contribution in [-0.4, -0.2) is 79.8 Å². The molecule has 2 heterocycles. The van der Waals surface area contributed by atoms with E-state index in [9.17, 15) is 19.2 Å². The standard InChI is InChI=1S/C30H31NO10S2/c1-31(8-7-29(35)36)30(37)27-14-17-11-20(38-2)23(16-25(17)43-27)41-10-4-9-40-22-12-18-13-26(19(32)5-6-28(33)34)42-24(18)15-21(22)39-3/h11-16H,4-10H2,1-3H3,(H,33,34)(H,35,36). The Morgan fingerprint density at radius 1 is 0.698 bits per heavy atom. The summed E-state index contributed by atoms with van der Waals surface area (Å²) in [5.74, 6) is -0.378. The van der Waals surface area contributed by atoms with Crippen LogP contribution < -0.4 is 18.9 Å². The molecule has 2 aromatic carbocycles. The van der Waals surface area contributed by atoms with E-state index in [1.54, 1.807) is 37.4 Å². The van der Waals surface area contributed by atoms with Crippen molar-refractivity contribution in [1.29, 1.82) is 0 Å². The van der Waals surface area contributed by atoms with E-state index < -0.39 is 11.9 Å². The summed E-state index contributed by atoms with van der Waals surface area (Å²) in [7, 11) is 4.64. The molecule has 0 aliphatic rings. The first-order valence-electron chi connectivity index (χ1n) is 13.3. The minimum absolute atomic E-state index is 0.0575. The molecule has 228 valence electrons. The fraction of sp³-hybridized carbons (Fsp3) is 0.333. The Balaban J connectivity index is 1.37. The van der Waals surface area contributed by atoms with Gasteiger partial charge in [-0.1, -0.05) is 0 Å². The maximum absolute atomic E-state index is 12.7. The van der Waals surface area contributed by atoms with Crippen molar-refractivity contribution in [3.05, 3.63) is 46.2 Å². The van der Waals surface area contributed by atoms with E-state index in [-0.39, 0.29) is 37.5 Å². The van der Waals surface area contributed by atoms with E-state index in [4.69, 9.17) is 29.2 Å². The van der Waals surface area contributed by atoms with E-state index in [1.165, 1.54) is 41.8 Å². The summed E-state index contributed by atoms with van der Waals surface area (Å²) in [4.78, 5) is 49.1. The zero-order chi connectivity index (χ0) is 31.1. The number of hydrogen-bond acceptors (Lipinski definition) is 10. The number of fused-ring (bicyclic) bond motifs is 2. The molecule has 4 aromatic rings. The molecule has 1 amide bonds. The number of carbonyl (C=O) groups is 4. The van der Waals surface area contributed by atoms with Crippen LogP contribution in [-0.2, 0) is 9.59 Å². The van der Waals surface area contributed by atoms with Crippen LogP contribution in [0.5, 0.6) is 23.0 Å². The number of carboxylic acid groups (broad SMARTS) is 2. The first kappa shape index (κ1) is 31.6. The van der Waals surface area contributed by atoms with Crippen molar-refractivity contribution in [2.45, 2.75) is 25.7 Å². The molecule has 0 aliphatic heterocycles. The Kier molecular flexibility index (Phi) is 10.4. The second-order valence-electron chi connectivity index (χ2n) is 9.54. The van der Waals surface area contributed by atoms with Crippen molar-refractivity contribution in [3.8, 4) is 23.0 Å². The number of carbonyl (C=O) groups excluding carboxylic acids is 2. The number of rotatable bonds is 16.